The number of alkyl halides is 3. The van der Waals surface area contributed by atoms with Crippen molar-refractivity contribution < 1.29 is 31.2 Å². The molecule has 13 heteroatoms. The second kappa shape index (κ2) is 9.38. The van der Waals surface area contributed by atoms with Gasteiger partial charge in [0.15, 0.2) is 0 Å². The van der Waals surface area contributed by atoms with Crippen LogP contribution in [-0.4, -0.2) is 46.0 Å². The standard InChI is InChI=1S/C24H22F3N5O4S/c25-24(26,27)22(33)36-32(21(14-5-6-14)15-7-8-15)37(34,35)20-4-2-1-3-18(20)16-9-10-19(29-11-16)17-12-30-23(28)31-13-17/h1-4,9-15,21H,5-8H2,(H2,28,30,31). The number of hydroxylamine groups is 1. The highest BCUT2D eigenvalue weighted by atomic mass is 32.2. The zero-order chi connectivity index (χ0) is 26.4. The number of hydrogen-bond donors (Lipinski definition) is 1. The summed E-state index contributed by atoms with van der Waals surface area (Å²) < 4.78 is 67.4. The topological polar surface area (TPSA) is 128 Å². The first-order chi connectivity index (χ1) is 17.6. The smallest absolute Gasteiger partial charge is 0.368 e. The molecule has 0 amide bonds. The number of anilines is 1. The van der Waals surface area contributed by atoms with Gasteiger partial charge in [-0.25, -0.2) is 23.2 Å². The van der Waals surface area contributed by atoms with E-state index in [2.05, 4.69) is 19.8 Å². The first-order valence-electron chi connectivity index (χ1n) is 11.5. The predicted molar refractivity (Wildman–Crippen MR) is 126 cm³/mol. The largest absolute Gasteiger partial charge is 0.492 e. The Kier molecular flexibility index (Phi) is 6.36. The molecular weight excluding hydrogens is 511 g/mol. The number of rotatable bonds is 8. The van der Waals surface area contributed by atoms with Crippen molar-refractivity contribution in [3.8, 4) is 22.4 Å². The Labute approximate surface area is 210 Å². The van der Waals surface area contributed by atoms with Gasteiger partial charge < -0.3 is 10.6 Å². The molecule has 0 saturated heterocycles. The van der Waals surface area contributed by atoms with Gasteiger partial charge in [-0.3, -0.25) is 4.98 Å². The fraction of sp³-hybridized carbons (Fsp3) is 0.333. The molecule has 1 aromatic carbocycles. The molecule has 0 atom stereocenters. The Hall–Kier alpha value is -3.58. The van der Waals surface area contributed by atoms with E-state index in [9.17, 15) is 26.4 Å². The molecule has 2 N–H and O–H groups in total. The lowest BCUT2D eigenvalue weighted by Crippen LogP contribution is -2.46. The lowest BCUT2D eigenvalue weighted by atomic mass is 10.1. The second-order valence-corrected chi connectivity index (χ2v) is 10.8. The fourth-order valence-corrected chi connectivity index (χ4v) is 5.97. The van der Waals surface area contributed by atoms with Gasteiger partial charge in [-0.1, -0.05) is 24.3 Å². The van der Waals surface area contributed by atoms with Gasteiger partial charge in [0.25, 0.3) is 10.0 Å². The summed E-state index contributed by atoms with van der Waals surface area (Å²) >= 11 is 0. The number of nitrogens with zero attached hydrogens (tertiary/aromatic N) is 4. The molecule has 0 aliphatic heterocycles. The minimum atomic E-state index is -5.35. The number of nitrogen functional groups attached to an aromatic ring is 1. The van der Waals surface area contributed by atoms with E-state index in [4.69, 9.17) is 5.73 Å². The summed E-state index contributed by atoms with van der Waals surface area (Å²) in [6.45, 7) is 0. The summed E-state index contributed by atoms with van der Waals surface area (Å²) in [7, 11) is -4.68. The first-order valence-corrected chi connectivity index (χ1v) is 13.0. The van der Waals surface area contributed by atoms with E-state index in [1.165, 1.54) is 36.8 Å². The highest BCUT2D eigenvalue weighted by molar-refractivity contribution is 7.89. The quantitative estimate of drug-likeness (QED) is 0.431. The van der Waals surface area contributed by atoms with Crippen LogP contribution in [0.15, 0.2) is 59.9 Å². The Bertz CT molecular complexity index is 1400. The van der Waals surface area contributed by atoms with Crippen LogP contribution < -0.4 is 5.73 Å². The van der Waals surface area contributed by atoms with Crippen LogP contribution in [0.5, 0.6) is 0 Å². The van der Waals surface area contributed by atoms with Crippen molar-refractivity contribution in [3.63, 3.8) is 0 Å². The van der Waals surface area contributed by atoms with Crippen molar-refractivity contribution in [2.24, 2.45) is 11.8 Å². The van der Waals surface area contributed by atoms with Gasteiger partial charge >= 0.3 is 12.1 Å². The third-order valence-electron chi connectivity index (χ3n) is 6.30. The van der Waals surface area contributed by atoms with E-state index >= 15 is 0 Å². The number of pyridine rings is 1. The van der Waals surface area contributed by atoms with E-state index in [0.717, 1.165) is 0 Å². The summed E-state index contributed by atoms with van der Waals surface area (Å²) in [6, 6.07) is 8.25. The average Bonchev–Trinajstić information content (AvgIpc) is 3.79. The summed E-state index contributed by atoms with van der Waals surface area (Å²) in [5.41, 5.74) is 7.20. The molecule has 0 bridgehead atoms. The van der Waals surface area contributed by atoms with Crippen LogP contribution in [0, 0.1) is 11.8 Å². The van der Waals surface area contributed by atoms with Gasteiger partial charge in [0.2, 0.25) is 5.95 Å². The number of halogens is 3. The maximum atomic E-state index is 13.8. The number of benzene rings is 1. The van der Waals surface area contributed by atoms with Crippen LogP contribution in [0.2, 0.25) is 0 Å². The van der Waals surface area contributed by atoms with E-state index in [1.54, 1.807) is 18.2 Å². The van der Waals surface area contributed by atoms with Crippen LogP contribution in [-0.2, 0) is 19.7 Å². The fourth-order valence-electron chi connectivity index (χ4n) is 4.23. The SMILES string of the molecule is Nc1ncc(-c2ccc(-c3ccccc3S(=O)(=O)N(OC(=O)C(F)(F)F)C(C3CC3)C3CC3)cn2)cn1. The molecule has 2 aliphatic carbocycles. The molecule has 2 heterocycles. The molecule has 0 spiro atoms. The maximum Gasteiger partial charge on any atom is 0.492 e. The van der Waals surface area contributed by atoms with Crippen molar-refractivity contribution in [3.05, 3.63) is 55.0 Å². The van der Waals surface area contributed by atoms with E-state index in [-0.39, 0.29) is 28.2 Å². The van der Waals surface area contributed by atoms with Crippen LogP contribution in [0.25, 0.3) is 22.4 Å². The van der Waals surface area contributed by atoms with Gasteiger partial charge in [0.05, 0.1) is 16.6 Å². The van der Waals surface area contributed by atoms with Gasteiger partial charge in [-0.05, 0) is 54.1 Å². The number of hydrogen-bond acceptors (Lipinski definition) is 8. The molecule has 0 unspecified atom stereocenters. The first kappa shape index (κ1) is 25.1. The number of sulfonamides is 1. The zero-order valence-corrected chi connectivity index (χ0v) is 20.1. The van der Waals surface area contributed by atoms with Gasteiger partial charge in [0, 0.05) is 35.3 Å². The molecular formula is C24H22F3N5O4S. The summed E-state index contributed by atoms with van der Waals surface area (Å²) in [5.74, 6) is -2.81. The second-order valence-electron chi connectivity index (χ2n) is 9.06. The minimum Gasteiger partial charge on any atom is -0.368 e. The zero-order valence-electron chi connectivity index (χ0n) is 19.3. The highest BCUT2D eigenvalue weighted by Gasteiger charge is 2.53. The molecule has 2 aliphatic rings. The van der Waals surface area contributed by atoms with Crippen LogP contribution in [0.1, 0.15) is 25.7 Å². The van der Waals surface area contributed by atoms with Gasteiger partial charge in [0.1, 0.15) is 0 Å². The highest BCUT2D eigenvalue weighted by Crippen LogP contribution is 2.49. The molecule has 0 radical (unpaired) electrons. The van der Waals surface area contributed by atoms with E-state index in [0.29, 0.717) is 47.0 Å². The monoisotopic (exact) mass is 533 g/mol. The molecule has 3 aromatic rings. The van der Waals surface area contributed by atoms with E-state index in [1.807, 2.05) is 0 Å². The van der Waals surface area contributed by atoms with Crippen molar-refractivity contribution in [1.82, 2.24) is 19.4 Å². The van der Waals surface area contributed by atoms with Crippen molar-refractivity contribution in [2.75, 3.05) is 5.73 Å². The van der Waals surface area contributed by atoms with Gasteiger partial charge in [-0.2, -0.15) is 13.2 Å². The molecule has 5 rings (SSSR count). The maximum absolute atomic E-state index is 13.8. The number of aromatic nitrogens is 3. The van der Waals surface area contributed by atoms with Crippen LogP contribution in [0.3, 0.4) is 0 Å². The van der Waals surface area contributed by atoms with Crippen LogP contribution >= 0.6 is 0 Å². The Morgan fingerprint density at radius 3 is 2.08 bits per heavy atom. The minimum absolute atomic E-state index is 0.103. The van der Waals surface area contributed by atoms with Crippen molar-refractivity contribution >= 4 is 21.9 Å². The molecule has 2 saturated carbocycles. The molecule has 2 fully saturated rings. The lowest BCUT2D eigenvalue weighted by molar-refractivity contribution is -0.228. The molecule has 37 heavy (non-hydrogen) atoms. The Morgan fingerprint density at radius 2 is 1.54 bits per heavy atom. The Balaban J connectivity index is 1.53. The van der Waals surface area contributed by atoms with Crippen LogP contribution in [0.4, 0.5) is 19.1 Å². The summed E-state index contributed by atoms with van der Waals surface area (Å²) in [4.78, 5) is 28.3. The molecule has 2 aromatic heterocycles. The lowest BCUT2D eigenvalue weighted by Gasteiger charge is -2.30. The normalized spacial score (nSPS) is 16.2. The van der Waals surface area contributed by atoms with E-state index < -0.39 is 28.2 Å². The third-order valence-corrected chi connectivity index (χ3v) is 8.01. The number of carbonyl (C=O) groups excluding carboxylic acids is 1. The molecule has 194 valence electrons. The summed E-state index contributed by atoms with van der Waals surface area (Å²) in [6.07, 6.45) is 1.67. The number of nitrogens with two attached hydrogens (primary N) is 1. The summed E-state index contributed by atoms with van der Waals surface area (Å²) in [5, 5.41) is 0. The van der Waals surface area contributed by atoms with Gasteiger partial charge in [-0.15, -0.1) is 0 Å². The Morgan fingerprint density at radius 1 is 0.946 bits per heavy atom. The predicted octanol–water partition coefficient (Wildman–Crippen LogP) is 3.99. The van der Waals surface area contributed by atoms with Crippen molar-refractivity contribution in [2.45, 2.75) is 42.8 Å². The average molecular weight is 534 g/mol. The number of carbonyl (C=O) groups is 1. The van der Waals surface area contributed by atoms with Crippen molar-refractivity contribution in [1.29, 1.82) is 0 Å². The third kappa shape index (κ3) is 5.27. The molecule has 9 nitrogen and oxygen atoms in total.